The third kappa shape index (κ3) is 4.89. The fraction of sp³-hybridized carbons (Fsp3) is 0.182. The molecule has 0 aliphatic heterocycles. The maximum atomic E-state index is 12.8. The van der Waals surface area contributed by atoms with E-state index in [2.05, 4.69) is 0 Å². The van der Waals surface area contributed by atoms with Crippen LogP contribution in [0.1, 0.15) is 20.8 Å². The molecule has 0 N–H and O–H groups in total. The number of carbonyl (C=O) groups excluding carboxylic acids is 3. The van der Waals surface area contributed by atoms with Crippen molar-refractivity contribution >= 4 is 28.9 Å². The molecule has 0 unspecified atom stereocenters. The van der Waals surface area contributed by atoms with Gasteiger partial charge in [0, 0.05) is 44.5 Å². The molecule has 1 heterocycles. The van der Waals surface area contributed by atoms with E-state index < -0.39 is 23.3 Å². The summed E-state index contributed by atoms with van der Waals surface area (Å²) in [6, 6.07) is 8.45. The number of methoxy groups -OCH3 is 1. The van der Waals surface area contributed by atoms with Gasteiger partial charge < -0.3 is 23.4 Å². The molecule has 0 atom stereocenters. The number of benzene rings is 2. The Kier molecular flexibility index (Phi) is 6.05. The molecule has 9 heteroatoms. The number of ether oxygens (including phenoxy) is 4. The number of fused-ring (bicyclic) bond motifs is 1. The molecule has 0 fully saturated rings. The van der Waals surface area contributed by atoms with Crippen molar-refractivity contribution in [1.29, 1.82) is 0 Å². The normalized spacial score (nSPS) is 10.5. The van der Waals surface area contributed by atoms with Gasteiger partial charge in [0.2, 0.25) is 0 Å². The molecule has 2 aromatic carbocycles. The van der Waals surface area contributed by atoms with Crippen molar-refractivity contribution in [3.8, 4) is 34.3 Å². The first-order valence-electron chi connectivity index (χ1n) is 9.03. The maximum Gasteiger partial charge on any atom is 0.308 e. The predicted octanol–water partition coefficient (Wildman–Crippen LogP) is 3.24. The van der Waals surface area contributed by atoms with E-state index in [0.717, 1.165) is 0 Å². The van der Waals surface area contributed by atoms with Crippen molar-refractivity contribution in [2.45, 2.75) is 20.8 Å². The van der Waals surface area contributed by atoms with Crippen molar-refractivity contribution in [3.05, 3.63) is 46.6 Å². The van der Waals surface area contributed by atoms with Crippen LogP contribution in [0.2, 0.25) is 0 Å². The van der Waals surface area contributed by atoms with Crippen LogP contribution in [0.25, 0.3) is 22.3 Å². The Balaban J connectivity index is 2.21. The molecule has 0 saturated carbocycles. The average Bonchev–Trinajstić information content (AvgIpc) is 2.65. The first kappa shape index (κ1) is 21.6. The fourth-order valence-electron chi connectivity index (χ4n) is 2.90. The van der Waals surface area contributed by atoms with Crippen LogP contribution < -0.4 is 24.4 Å². The van der Waals surface area contributed by atoms with E-state index in [9.17, 15) is 19.2 Å². The lowest BCUT2D eigenvalue weighted by atomic mass is 10.1. The molecule has 160 valence electrons. The summed E-state index contributed by atoms with van der Waals surface area (Å²) in [5.74, 6) is -1.28. The summed E-state index contributed by atoms with van der Waals surface area (Å²) in [4.78, 5) is 47.0. The Morgan fingerprint density at radius 2 is 1.42 bits per heavy atom. The molecule has 0 spiro atoms. The number of carbonyl (C=O) groups is 3. The summed E-state index contributed by atoms with van der Waals surface area (Å²) in [5.41, 5.74) is -0.0444. The van der Waals surface area contributed by atoms with Crippen molar-refractivity contribution < 1.29 is 37.7 Å². The van der Waals surface area contributed by atoms with Gasteiger partial charge in [0.15, 0.2) is 16.9 Å². The molecule has 0 bridgehead atoms. The standard InChI is InChI=1S/C22H18O9/c1-11(23)28-15-8-20(30-13(3)25)22-16(26)10-18(31-21(22)9-15)14-5-6-17(27-4)19(7-14)29-12(2)24/h5-10H,1-4H3. The van der Waals surface area contributed by atoms with E-state index in [-0.39, 0.29) is 34.0 Å². The van der Waals surface area contributed by atoms with Crippen molar-refractivity contribution in [1.82, 2.24) is 0 Å². The zero-order valence-electron chi connectivity index (χ0n) is 17.1. The fourth-order valence-corrected chi connectivity index (χ4v) is 2.90. The zero-order chi connectivity index (χ0) is 22.7. The predicted molar refractivity (Wildman–Crippen MR) is 108 cm³/mol. The summed E-state index contributed by atoms with van der Waals surface area (Å²) >= 11 is 0. The van der Waals surface area contributed by atoms with E-state index in [1.165, 1.54) is 52.1 Å². The summed E-state index contributed by atoms with van der Waals surface area (Å²) in [6.07, 6.45) is 0. The minimum atomic E-state index is -0.661. The van der Waals surface area contributed by atoms with Gasteiger partial charge in [0.05, 0.1) is 7.11 Å². The lowest BCUT2D eigenvalue weighted by molar-refractivity contribution is -0.133. The SMILES string of the molecule is COc1ccc(-c2cc(=O)c3c(OC(C)=O)cc(OC(C)=O)cc3o2)cc1OC(C)=O. The summed E-state index contributed by atoms with van der Waals surface area (Å²) < 4.78 is 26.3. The molecule has 0 aliphatic carbocycles. The van der Waals surface area contributed by atoms with Crippen LogP contribution in [-0.2, 0) is 14.4 Å². The quantitative estimate of drug-likeness (QED) is 0.447. The summed E-state index contributed by atoms with van der Waals surface area (Å²) in [5, 5.41) is 0.00331. The minimum absolute atomic E-state index is 0.00331. The molecule has 1 aromatic heterocycles. The second-order valence-corrected chi connectivity index (χ2v) is 6.42. The molecule has 31 heavy (non-hydrogen) atoms. The van der Waals surface area contributed by atoms with Gasteiger partial charge in [-0.05, 0) is 18.2 Å². The highest BCUT2D eigenvalue weighted by Crippen LogP contribution is 2.35. The van der Waals surface area contributed by atoms with Crippen LogP contribution >= 0.6 is 0 Å². The van der Waals surface area contributed by atoms with Crippen LogP contribution in [-0.4, -0.2) is 25.0 Å². The highest BCUT2D eigenvalue weighted by Gasteiger charge is 2.18. The van der Waals surface area contributed by atoms with Crippen LogP contribution in [0.15, 0.2) is 45.6 Å². The molecule has 9 nitrogen and oxygen atoms in total. The van der Waals surface area contributed by atoms with Crippen LogP contribution in [0.5, 0.6) is 23.0 Å². The van der Waals surface area contributed by atoms with Gasteiger partial charge in [-0.25, -0.2) is 0 Å². The van der Waals surface area contributed by atoms with Crippen molar-refractivity contribution in [2.24, 2.45) is 0 Å². The Labute approximate surface area is 176 Å². The third-order valence-corrected chi connectivity index (χ3v) is 3.99. The Morgan fingerprint density at radius 1 is 0.774 bits per heavy atom. The molecule has 0 aliphatic rings. The zero-order valence-corrected chi connectivity index (χ0v) is 17.1. The third-order valence-electron chi connectivity index (χ3n) is 3.99. The van der Waals surface area contributed by atoms with Crippen molar-refractivity contribution in [2.75, 3.05) is 7.11 Å². The highest BCUT2D eigenvalue weighted by molar-refractivity contribution is 5.89. The van der Waals surface area contributed by atoms with Crippen molar-refractivity contribution in [3.63, 3.8) is 0 Å². The Bertz CT molecular complexity index is 1250. The van der Waals surface area contributed by atoms with E-state index in [1.54, 1.807) is 12.1 Å². The molecular formula is C22H18O9. The van der Waals surface area contributed by atoms with Gasteiger partial charge in [0.1, 0.15) is 28.2 Å². The number of hydrogen-bond donors (Lipinski definition) is 0. The number of hydrogen-bond acceptors (Lipinski definition) is 9. The molecule has 3 aromatic rings. The lowest BCUT2D eigenvalue weighted by Crippen LogP contribution is -2.09. The van der Waals surface area contributed by atoms with Crippen LogP contribution in [0, 0.1) is 0 Å². The van der Waals surface area contributed by atoms with Crippen LogP contribution in [0.4, 0.5) is 0 Å². The maximum absolute atomic E-state index is 12.8. The van der Waals surface area contributed by atoms with Gasteiger partial charge in [-0.15, -0.1) is 0 Å². The van der Waals surface area contributed by atoms with Gasteiger partial charge in [-0.2, -0.15) is 0 Å². The smallest absolute Gasteiger partial charge is 0.308 e. The number of rotatable bonds is 5. The molecule has 0 saturated heterocycles. The highest BCUT2D eigenvalue weighted by atomic mass is 16.6. The summed E-state index contributed by atoms with van der Waals surface area (Å²) in [6.45, 7) is 3.62. The Morgan fingerprint density at radius 3 is 2.03 bits per heavy atom. The topological polar surface area (TPSA) is 118 Å². The largest absolute Gasteiger partial charge is 0.493 e. The Hall–Kier alpha value is -4.14. The molecule has 0 radical (unpaired) electrons. The molecule has 0 amide bonds. The first-order valence-corrected chi connectivity index (χ1v) is 9.03. The van der Waals surface area contributed by atoms with E-state index in [1.807, 2.05) is 0 Å². The monoisotopic (exact) mass is 426 g/mol. The lowest BCUT2D eigenvalue weighted by Gasteiger charge is -2.12. The minimum Gasteiger partial charge on any atom is -0.493 e. The second kappa shape index (κ2) is 8.70. The van der Waals surface area contributed by atoms with Crippen LogP contribution in [0.3, 0.4) is 0 Å². The van der Waals surface area contributed by atoms with E-state index >= 15 is 0 Å². The molecular weight excluding hydrogens is 408 g/mol. The molecule has 3 rings (SSSR count). The van der Waals surface area contributed by atoms with E-state index in [0.29, 0.717) is 11.3 Å². The number of esters is 3. The van der Waals surface area contributed by atoms with Gasteiger partial charge in [-0.1, -0.05) is 0 Å². The van der Waals surface area contributed by atoms with E-state index in [4.69, 9.17) is 23.4 Å². The van der Waals surface area contributed by atoms with Gasteiger partial charge >= 0.3 is 17.9 Å². The first-order chi connectivity index (χ1) is 14.7. The van der Waals surface area contributed by atoms with Gasteiger partial charge in [-0.3, -0.25) is 19.2 Å². The second-order valence-electron chi connectivity index (χ2n) is 6.42. The van der Waals surface area contributed by atoms with Gasteiger partial charge in [0.25, 0.3) is 0 Å². The summed E-state index contributed by atoms with van der Waals surface area (Å²) in [7, 11) is 1.42. The average molecular weight is 426 g/mol.